The Bertz CT molecular complexity index is 468. The zero-order valence-electron chi connectivity index (χ0n) is 11.7. The molecule has 2 aliphatic heterocycles. The monoisotopic (exact) mass is 314 g/mol. The van der Waals surface area contributed by atoms with Crippen LogP contribution in [0, 0.1) is 0 Å². The number of fused-ring (bicyclic) bond motifs is 1. The number of thiazole rings is 1. The largest absolute Gasteiger partial charge is 0.340 e. The fourth-order valence-electron chi connectivity index (χ4n) is 2.34. The molecule has 1 fully saturated rings. The Labute approximate surface area is 127 Å². The van der Waals surface area contributed by atoms with Gasteiger partial charge in [-0.2, -0.15) is 0 Å². The van der Waals surface area contributed by atoms with E-state index in [0.717, 1.165) is 36.7 Å². The highest BCUT2D eigenvalue weighted by molar-refractivity contribution is 7.98. The van der Waals surface area contributed by atoms with Crippen molar-refractivity contribution in [2.45, 2.75) is 31.9 Å². The van der Waals surface area contributed by atoms with Crippen LogP contribution < -0.4 is 4.90 Å². The van der Waals surface area contributed by atoms with Crippen molar-refractivity contribution in [1.82, 2.24) is 9.88 Å². The number of anilines is 1. The average molecular weight is 314 g/mol. The molecule has 20 heavy (non-hydrogen) atoms. The maximum Gasteiger partial charge on any atom is 0.330 e. The van der Waals surface area contributed by atoms with Crippen molar-refractivity contribution in [3.8, 4) is 0 Å². The molecule has 1 aromatic rings. The summed E-state index contributed by atoms with van der Waals surface area (Å²) >= 11 is 3.12. The van der Waals surface area contributed by atoms with Gasteiger partial charge in [-0.1, -0.05) is 13.3 Å². The van der Waals surface area contributed by atoms with Crippen molar-refractivity contribution in [2.24, 2.45) is 0 Å². The van der Waals surface area contributed by atoms with Gasteiger partial charge in [0.1, 0.15) is 13.5 Å². The number of aryl methyl sites for hydroxylation is 1. The maximum absolute atomic E-state index is 12.5. The predicted molar refractivity (Wildman–Crippen MR) is 83.7 cm³/mol. The van der Waals surface area contributed by atoms with Gasteiger partial charge in [-0.05, 0) is 18.6 Å². The molecule has 0 spiro atoms. The highest BCUT2D eigenvalue weighted by Crippen LogP contribution is 2.34. The number of nitrogens with zero attached hydrogens (tertiary/aromatic N) is 3. The molecule has 1 radical (unpaired) electrons. The third kappa shape index (κ3) is 2.80. The van der Waals surface area contributed by atoms with Gasteiger partial charge >= 0.3 is 6.03 Å². The molecule has 2 amide bonds. The summed E-state index contributed by atoms with van der Waals surface area (Å²) in [7, 11) is 0. The summed E-state index contributed by atoms with van der Waals surface area (Å²) in [5, 5.41) is 0.804. The Balaban J connectivity index is 1.75. The van der Waals surface area contributed by atoms with Gasteiger partial charge in [-0.25, -0.2) is 26.4 Å². The minimum atomic E-state index is 0.0355. The maximum atomic E-state index is 12.5. The molecular formula is C13H20N3O2S2. The fraction of sp³-hybridized carbons (Fsp3) is 0.692. The number of rotatable bonds is 4. The summed E-state index contributed by atoms with van der Waals surface area (Å²) in [5.41, 5.74) is 1.18. The smallest absolute Gasteiger partial charge is 0.330 e. The van der Waals surface area contributed by atoms with Crippen LogP contribution in [0.2, 0.25) is 0 Å². The number of ether oxygens (including phenoxy) is 1. The molecule has 0 atom stereocenters. The number of urea groups is 1. The summed E-state index contributed by atoms with van der Waals surface area (Å²) in [6.07, 6.45) is 3.13. The molecule has 0 unspecified atom stereocenters. The van der Waals surface area contributed by atoms with E-state index in [1.165, 1.54) is 28.1 Å². The van der Waals surface area contributed by atoms with Gasteiger partial charge in [0.05, 0.1) is 5.69 Å². The molecule has 5 nitrogen and oxygen atoms in total. The molecule has 0 N–H and O–H groups in total. The molecule has 0 aliphatic carbocycles. The minimum absolute atomic E-state index is 0.0355. The second-order valence-electron chi connectivity index (χ2n) is 5.01. The van der Waals surface area contributed by atoms with Crippen LogP contribution in [0.25, 0.3) is 0 Å². The summed E-state index contributed by atoms with van der Waals surface area (Å²) in [6.45, 7) is 3.61. The van der Waals surface area contributed by atoms with Crippen molar-refractivity contribution in [3.63, 3.8) is 0 Å². The molecule has 7 heteroatoms. The Hall–Kier alpha value is -0.790. The lowest BCUT2D eigenvalue weighted by Gasteiger charge is -2.33. The molecule has 3 rings (SSSR count). The topological polar surface area (TPSA) is 45.7 Å². The Morgan fingerprint density at radius 3 is 3.15 bits per heavy atom. The van der Waals surface area contributed by atoms with E-state index in [1.807, 2.05) is 0 Å². The first-order chi connectivity index (χ1) is 9.79. The highest BCUT2D eigenvalue weighted by Gasteiger charge is 2.30. The first-order valence-electron chi connectivity index (χ1n) is 7.05. The third-order valence-corrected chi connectivity index (χ3v) is 5.92. The number of carbonyl (C=O) groups is 1. The lowest BCUT2D eigenvalue weighted by atomic mass is 10.3. The van der Waals surface area contributed by atoms with Crippen LogP contribution in [-0.4, -0.2) is 41.7 Å². The predicted octanol–water partition coefficient (Wildman–Crippen LogP) is 2.64. The molecular weight excluding hydrogens is 294 g/mol. The van der Waals surface area contributed by atoms with Crippen molar-refractivity contribution in [3.05, 3.63) is 10.6 Å². The standard InChI is InChI=1S/C13H20N3O2S2/c1-2-3-5-15-8-18-9-16(13(15)17)12-14-10-4-6-19-7-11(10)20-12/h19H,2-9H2,1H3. The Kier molecular flexibility index (Phi) is 4.48. The lowest BCUT2D eigenvalue weighted by Crippen LogP contribution is -2.50. The molecule has 1 aromatic heterocycles. The van der Waals surface area contributed by atoms with Gasteiger partial charge in [0.25, 0.3) is 0 Å². The number of hydrogen-bond acceptors (Lipinski definition) is 4. The van der Waals surface area contributed by atoms with Gasteiger partial charge in [-0.3, -0.25) is 0 Å². The average Bonchev–Trinajstić information content (AvgIpc) is 2.90. The van der Waals surface area contributed by atoms with Crippen molar-refractivity contribution < 1.29 is 9.53 Å². The van der Waals surface area contributed by atoms with Crippen molar-refractivity contribution in [1.29, 1.82) is 0 Å². The molecule has 0 aromatic carbocycles. The van der Waals surface area contributed by atoms with E-state index in [1.54, 1.807) is 21.1 Å². The van der Waals surface area contributed by atoms with E-state index in [0.29, 0.717) is 13.5 Å². The van der Waals surface area contributed by atoms with Crippen molar-refractivity contribution >= 4 is 34.3 Å². The number of thiol groups is 1. The van der Waals surface area contributed by atoms with E-state index in [2.05, 4.69) is 11.9 Å². The van der Waals surface area contributed by atoms with E-state index in [4.69, 9.17) is 4.74 Å². The molecule has 0 bridgehead atoms. The van der Waals surface area contributed by atoms with Gasteiger partial charge in [0.15, 0.2) is 5.13 Å². The summed E-state index contributed by atoms with van der Waals surface area (Å²) < 4.78 is 5.54. The van der Waals surface area contributed by atoms with Crippen LogP contribution in [0.1, 0.15) is 30.3 Å². The van der Waals surface area contributed by atoms with E-state index >= 15 is 0 Å². The Morgan fingerprint density at radius 1 is 1.45 bits per heavy atom. The third-order valence-electron chi connectivity index (χ3n) is 3.51. The zero-order valence-corrected chi connectivity index (χ0v) is 13.4. The fourth-order valence-corrected chi connectivity index (χ4v) is 4.67. The number of amides is 2. The number of carbonyl (C=O) groups excluding carboxylic acids is 1. The normalized spacial score (nSPS) is 19.4. The van der Waals surface area contributed by atoms with Crippen LogP contribution in [0.5, 0.6) is 0 Å². The lowest BCUT2D eigenvalue weighted by molar-refractivity contribution is 0.0239. The van der Waals surface area contributed by atoms with Crippen LogP contribution >= 0.6 is 23.1 Å². The SMILES string of the molecule is CCCCN1COCN(c2nc3c(s2)C[SH]CC3)C1=O. The number of aromatic nitrogens is 1. The van der Waals surface area contributed by atoms with E-state index in [-0.39, 0.29) is 6.03 Å². The second kappa shape index (κ2) is 6.32. The molecule has 1 saturated heterocycles. The highest BCUT2D eigenvalue weighted by atomic mass is 32.2. The minimum Gasteiger partial charge on any atom is -0.340 e. The molecule has 3 heterocycles. The van der Waals surface area contributed by atoms with Gasteiger partial charge in [0.2, 0.25) is 0 Å². The molecule has 111 valence electrons. The van der Waals surface area contributed by atoms with Crippen LogP contribution in [0.15, 0.2) is 0 Å². The van der Waals surface area contributed by atoms with Gasteiger partial charge in [0, 0.05) is 17.2 Å². The van der Waals surface area contributed by atoms with Crippen LogP contribution in [0.4, 0.5) is 9.93 Å². The summed E-state index contributed by atoms with van der Waals surface area (Å²) in [4.78, 5) is 21.9. The summed E-state index contributed by atoms with van der Waals surface area (Å²) in [5.74, 6) is 2.26. The summed E-state index contributed by atoms with van der Waals surface area (Å²) in [6, 6.07) is 0.0355. The van der Waals surface area contributed by atoms with Crippen LogP contribution in [-0.2, 0) is 16.9 Å². The van der Waals surface area contributed by atoms with Gasteiger partial charge < -0.3 is 9.64 Å². The van der Waals surface area contributed by atoms with E-state index < -0.39 is 0 Å². The number of hydrogen-bond donors (Lipinski definition) is 1. The van der Waals surface area contributed by atoms with Crippen LogP contribution in [0.3, 0.4) is 0 Å². The Morgan fingerprint density at radius 2 is 2.35 bits per heavy atom. The first kappa shape index (κ1) is 14.2. The first-order valence-corrected chi connectivity index (χ1v) is 9.13. The number of unbranched alkanes of at least 4 members (excludes halogenated alkanes) is 1. The second-order valence-corrected chi connectivity index (χ2v) is 7.28. The van der Waals surface area contributed by atoms with Crippen molar-refractivity contribution in [2.75, 3.05) is 30.7 Å². The molecule has 2 aliphatic rings. The molecule has 0 saturated carbocycles. The van der Waals surface area contributed by atoms with E-state index in [9.17, 15) is 4.79 Å². The van der Waals surface area contributed by atoms with Gasteiger partial charge in [-0.15, -0.1) is 11.3 Å². The zero-order chi connectivity index (χ0) is 13.9. The quantitative estimate of drug-likeness (QED) is 0.869.